The van der Waals surface area contributed by atoms with Gasteiger partial charge in [0.1, 0.15) is 0 Å². The van der Waals surface area contributed by atoms with Crippen LogP contribution in [0.1, 0.15) is 18.9 Å². The number of nitro groups is 1. The average Bonchev–Trinajstić information content (AvgIpc) is 2.30. The van der Waals surface area contributed by atoms with Gasteiger partial charge in [0.2, 0.25) is 5.91 Å². The second-order valence-corrected chi connectivity index (χ2v) is 4.87. The fourth-order valence-corrected chi connectivity index (χ4v) is 1.75. The maximum absolute atomic E-state index is 11.8. The van der Waals surface area contributed by atoms with E-state index in [4.69, 9.17) is 17.3 Å². The van der Waals surface area contributed by atoms with Crippen LogP contribution in [0.3, 0.4) is 0 Å². The summed E-state index contributed by atoms with van der Waals surface area (Å²) in [6.45, 7) is 1.96. The molecule has 0 aliphatic heterocycles. The summed E-state index contributed by atoms with van der Waals surface area (Å²) >= 11 is 5.97. The van der Waals surface area contributed by atoms with Crippen molar-refractivity contribution in [2.24, 2.45) is 5.73 Å². The molecule has 0 aliphatic rings. The molecule has 0 fully saturated rings. The molecule has 0 saturated heterocycles. The summed E-state index contributed by atoms with van der Waals surface area (Å²) in [6.07, 6.45) is 0.225. The number of hydrogen-bond acceptors (Lipinski definition) is 4. The third-order valence-electron chi connectivity index (χ3n) is 2.57. The Kier molecular flexibility index (Phi) is 7.49. The number of rotatable bonds is 5. The van der Waals surface area contributed by atoms with Crippen LogP contribution >= 0.6 is 24.0 Å². The lowest BCUT2D eigenvalue weighted by molar-refractivity contribution is -0.384. The lowest BCUT2D eigenvalue weighted by Gasteiger charge is -2.19. The first-order valence-corrected chi connectivity index (χ1v) is 6.11. The minimum absolute atomic E-state index is 0. The summed E-state index contributed by atoms with van der Waals surface area (Å²) in [4.78, 5) is 23.4. The van der Waals surface area contributed by atoms with E-state index in [0.29, 0.717) is 10.6 Å². The minimum atomic E-state index is -0.496. The van der Waals surface area contributed by atoms with E-state index in [1.54, 1.807) is 14.0 Å². The normalized spacial score (nSPS) is 11.4. The van der Waals surface area contributed by atoms with Gasteiger partial charge >= 0.3 is 0 Å². The Labute approximate surface area is 128 Å². The van der Waals surface area contributed by atoms with Crippen molar-refractivity contribution in [2.45, 2.75) is 25.9 Å². The molecule has 0 aromatic heterocycles. The van der Waals surface area contributed by atoms with E-state index in [2.05, 4.69) is 0 Å². The molecular weight excluding hydrogens is 305 g/mol. The van der Waals surface area contributed by atoms with Gasteiger partial charge in [0.05, 0.1) is 4.92 Å². The zero-order chi connectivity index (χ0) is 14.6. The summed E-state index contributed by atoms with van der Waals surface area (Å²) in [6, 6.07) is 3.93. The highest BCUT2D eigenvalue weighted by atomic mass is 35.5. The Hall–Kier alpha value is -1.37. The number of benzene rings is 1. The first-order chi connectivity index (χ1) is 8.81. The van der Waals surface area contributed by atoms with E-state index in [-0.39, 0.29) is 43.0 Å². The molecule has 8 heteroatoms. The van der Waals surface area contributed by atoms with Crippen LogP contribution in [0.5, 0.6) is 0 Å². The zero-order valence-electron chi connectivity index (χ0n) is 11.2. The predicted octanol–water partition coefficient (Wildman–Crippen LogP) is 2.37. The van der Waals surface area contributed by atoms with Gasteiger partial charge in [0, 0.05) is 43.2 Å². The number of hydrogen-bond donors (Lipinski definition) is 1. The van der Waals surface area contributed by atoms with Gasteiger partial charge in [-0.2, -0.15) is 0 Å². The molecule has 1 atom stereocenters. The first kappa shape index (κ1) is 18.6. The molecule has 6 nitrogen and oxygen atoms in total. The van der Waals surface area contributed by atoms with Crippen molar-refractivity contribution in [3.63, 3.8) is 0 Å². The van der Waals surface area contributed by atoms with Crippen LogP contribution in [0.2, 0.25) is 5.02 Å². The number of nitrogens with zero attached hydrogens (tertiary/aromatic N) is 2. The van der Waals surface area contributed by atoms with E-state index >= 15 is 0 Å². The fraction of sp³-hybridized carbons (Fsp3) is 0.417. The highest BCUT2D eigenvalue weighted by molar-refractivity contribution is 6.31. The molecule has 1 rings (SSSR count). The van der Waals surface area contributed by atoms with Gasteiger partial charge in [0.15, 0.2) is 0 Å². The molecule has 112 valence electrons. The van der Waals surface area contributed by atoms with E-state index in [9.17, 15) is 14.9 Å². The zero-order valence-corrected chi connectivity index (χ0v) is 12.8. The van der Waals surface area contributed by atoms with E-state index in [1.165, 1.54) is 23.1 Å². The third-order valence-corrected chi connectivity index (χ3v) is 2.94. The van der Waals surface area contributed by atoms with Gasteiger partial charge in [0.25, 0.3) is 5.69 Å². The largest absolute Gasteiger partial charge is 0.341 e. The van der Waals surface area contributed by atoms with Crippen LogP contribution in [-0.4, -0.2) is 28.8 Å². The molecule has 20 heavy (non-hydrogen) atoms. The minimum Gasteiger partial charge on any atom is -0.341 e. The summed E-state index contributed by atoms with van der Waals surface area (Å²) in [5.41, 5.74) is 6.05. The summed E-state index contributed by atoms with van der Waals surface area (Å²) < 4.78 is 0. The number of carbonyl (C=O) groups excluding carboxylic acids is 1. The Morgan fingerprint density at radius 3 is 2.65 bits per heavy atom. The molecule has 1 amide bonds. The number of halogens is 2. The number of nitro benzene ring substituents is 1. The van der Waals surface area contributed by atoms with Crippen LogP contribution in [-0.2, 0) is 11.3 Å². The van der Waals surface area contributed by atoms with Crippen LogP contribution in [0.15, 0.2) is 18.2 Å². The summed E-state index contributed by atoms with van der Waals surface area (Å²) in [7, 11) is 1.61. The smallest absolute Gasteiger partial charge is 0.269 e. The van der Waals surface area contributed by atoms with Crippen molar-refractivity contribution in [1.29, 1.82) is 0 Å². The van der Waals surface area contributed by atoms with E-state index in [0.717, 1.165) is 0 Å². The van der Waals surface area contributed by atoms with Crippen LogP contribution in [0.25, 0.3) is 0 Å². The maximum Gasteiger partial charge on any atom is 0.269 e. The first-order valence-electron chi connectivity index (χ1n) is 5.73. The lowest BCUT2D eigenvalue weighted by Crippen LogP contribution is -2.31. The number of nitrogens with two attached hydrogens (primary N) is 1. The molecule has 0 radical (unpaired) electrons. The highest BCUT2D eigenvalue weighted by Gasteiger charge is 2.15. The average molecular weight is 322 g/mol. The Morgan fingerprint density at radius 2 is 2.15 bits per heavy atom. The van der Waals surface area contributed by atoms with Gasteiger partial charge in [-0.15, -0.1) is 12.4 Å². The van der Waals surface area contributed by atoms with E-state index < -0.39 is 4.92 Å². The molecule has 1 aromatic rings. The van der Waals surface area contributed by atoms with Gasteiger partial charge in [-0.05, 0) is 18.6 Å². The van der Waals surface area contributed by atoms with Crippen LogP contribution in [0.4, 0.5) is 5.69 Å². The summed E-state index contributed by atoms with van der Waals surface area (Å²) in [5, 5.41) is 11.1. The third kappa shape index (κ3) is 5.32. The molecule has 2 N–H and O–H groups in total. The second-order valence-electron chi connectivity index (χ2n) is 4.46. The number of carbonyl (C=O) groups is 1. The molecule has 0 spiro atoms. The van der Waals surface area contributed by atoms with Gasteiger partial charge < -0.3 is 10.6 Å². The molecule has 0 heterocycles. The van der Waals surface area contributed by atoms with Crippen LogP contribution < -0.4 is 5.73 Å². The number of non-ortho nitro benzene ring substituents is 1. The van der Waals surface area contributed by atoms with Crippen molar-refractivity contribution in [1.82, 2.24) is 4.90 Å². The Morgan fingerprint density at radius 1 is 1.55 bits per heavy atom. The lowest BCUT2D eigenvalue weighted by atomic mass is 10.1. The van der Waals surface area contributed by atoms with Crippen molar-refractivity contribution in [3.8, 4) is 0 Å². The molecular formula is C12H17Cl2N3O3. The Balaban J connectivity index is 0.00000361. The molecule has 1 unspecified atom stereocenters. The van der Waals surface area contributed by atoms with Crippen molar-refractivity contribution >= 4 is 35.6 Å². The Bertz CT molecular complexity index is 495. The van der Waals surface area contributed by atoms with Crippen molar-refractivity contribution < 1.29 is 9.72 Å². The fourth-order valence-electron chi connectivity index (χ4n) is 1.57. The van der Waals surface area contributed by atoms with Gasteiger partial charge in [-0.3, -0.25) is 14.9 Å². The highest BCUT2D eigenvalue weighted by Crippen LogP contribution is 2.23. The number of amides is 1. The topological polar surface area (TPSA) is 89.5 Å². The van der Waals surface area contributed by atoms with E-state index in [1.807, 2.05) is 0 Å². The van der Waals surface area contributed by atoms with Gasteiger partial charge in [-0.25, -0.2) is 0 Å². The standard InChI is InChI=1S/C12H16ClN3O3.ClH/c1-8(14)5-12(17)15(2)7-9-6-10(16(18)19)3-4-11(9)13;/h3-4,6,8H,5,7,14H2,1-2H3;1H. The van der Waals surface area contributed by atoms with Gasteiger partial charge in [-0.1, -0.05) is 11.6 Å². The second kappa shape index (κ2) is 8.04. The molecule has 0 aliphatic carbocycles. The maximum atomic E-state index is 11.8. The monoisotopic (exact) mass is 321 g/mol. The van der Waals surface area contributed by atoms with Crippen LogP contribution in [0, 0.1) is 10.1 Å². The molecule has 0 bridgehead atoms. The SMILES string of the molecule is CC(N)CC(=O)N(C)Cc1cc([N+](=O)[O-])ccc1Cl.Cl. The molecule has 0 saturated carbocycles. The van der Waals surface area contributed by atoms with Crippen molar-refractivity contribution in [3.05, 3.63) is 38.9 Å². The predicted molar refractivity (Wildman–Crippen MR) is 80.1 cm³/mol. The summed E-state index contributed by atoms with van der Waals surface area (Å²) in [5.74, 6) is -0.127. The quantitative estimate of drug-likeness (QED) is 0.666. The van der Waals surface area contributed by atoms with Crippen molar-refractivity contribution in [2.75, 3.05) is 7.05 Å². The molecule has 1 aromatic carbocycles.